The van der Waals surface area contributed by atoms with Crippen molar-refractivity contribution in [3.8, 4) is 0 Å². The quantitative estimate of drug-likeness (QED) is 0.862. The highest BCUT2D eigenvalue weighted by Crippen LogP contribution is 2.59. The first-order valence-corrected chi connectivity index (χ1v) is 11.1. The van der Waals surface area contributed by atoms with Gasteiger partial charge in [0, 0.05) is 18.2 Å². The Labute approximate surface area is 153 Å². The van der Waals surface area contributed by atoms with E-state index in [9.17, 15) is 18.0 Å². The lowest BCUT2D eigenvalue weighted by atomic mass is 9.96. The molecule has 1 saturated carbocycles. The van der Waals surface area contributed by atoms with Gasteiger partial charge in [0.1, 0.15) is 9.84 Å². The number of hydrogen-bond acceptors (Lipinski definition) is 4. The van der Waals surface area contributed by atoms with Gasteiger partial charge < -0.3 is 10.2 Å². The van der Waals surface area contributed by atoms with Gasteiger partial charge in [-0.25, -0.2) is 8.42 Å². The number of hydrogen-bond donors (Lipinski definition) is 1. The summed E-state index contributed by atoms with van der Waals surface area (Å²) in [6.45, 7) is 0.676. The molecule has 0 aromatic heterocycles. The zero-order valence-electron chi connectivity index (χ0n) is 14.7. The molecule has 3 aliphatic rings. The molecular formula is C19H24N2O4S. The van der Waals surface area contributed by atoms with Crippen LogP contribution in [0.5, 0.6) is 0 Å². The lowest BCUT2D eigenvalue weighted by Crippen LogP contribution is -2.43. The van der Waals surface area contributed by atoms with Crippen LogP contribution in [0.15, 0.2) is 24.3 Å². The summed E-state index contributed by atoms with van der Waals surface area (Å²) >= 11 is 0. The number of aryl methyl sites for hydroxylation is 1. The van der Waals surface area contributed by atoms with Crippen LogP contribution < -0.4 is 10.2 Å². The Bertz CT molecular complexity index is 835. The van der Waals surface area contributed by atoms with E-state index in [0.29, 0.717) is 19.4 Å². The summed E-state index contributed by atoms with van der Waals surface area (Å²) in [5.41, 5.74) is 1.97. The molecule has 2 amide bonds. The molecule has 2 heterocycles. The first kappa shape index (κ1) is 17.5. The van der Waals surface area contributed by atoms with Gasteiger partial charge in [0.25, 0.3) is 0 Å². The predicted octanol–water partition coefficient (Wildman–Crippen LogP) is 1.30. The number of nitrogens with one attached hydrogen (secondary N) is 1. The van der Waals surface area contributed by atoms with Gasteiger partial charge >= 0.3 is 0 Å². The second-order valence-electron chi connectivity index (χ2n) is 7.77. The Morgan fingerprint density at radius 3 is 2.69 bits per heavy atom. The molecule has 1 unspecified atom stereocenters. The minimum atomic E-state index is -2.92. The van der Waals surface area contributed by atoms with Gasteiger partial charge in [0.05, 0.1) is 18.1 Å². The molecular weight excluding hydrogens is 352 g/mol. The third-order valence-electron chi connectivity index (χ3n) is 6.15. The predicted molar refractivity (Wildman–Crippen MR) is 98.6 cm³/mol. The lowest BCUT2D eigenvalue weighted by Gasteiger charge is -2.29. The highest BCUT2D eigenvalue weighted by Gasteiger charge is 2.59. The molecule has 4 rings (SSSR count). The Morgan fingerprint density at radius 1 is 1.19 bits per heavy atom. The van der Waals surface area contributed by atoms with Crippen LogP contribution in [0, 0.1) is 11.3 Å². The number of carbonyl (C=O) groups is 2. The maximum Gasteiger partial charge on any atom is 0.246 e. The summed E-state index contributed by atoms with van der Waals surface area (Å²) in [5.74, 6) is 0.0226. The molecule has 7 heteroatoms. The van der Waals surface area contributed by atoms with Crippen molar-refractivity contribution in [3.05, 3.63) is 29.8 Å². The molecule has 6 nitrogen and oxygen atoms in total. The van der Waals surface area contributed by atoms with Gasteiger partial charge in [-0.1, -0.05) is 18.2 Å². The van der Waals surface area contributed by atoms with E-state index < -0.39 is 9.84 Å². The normalized spacial score (nSPS) is 25.4. The maximum atomic E-state index is 12.6. The number of sulfone groups is 1. The molecule has 1 atom stereocenters. The molecule has 140 valence electrons. The summed E-state index contributed by atoms with van der Waals surface area (Å²) in [6.07, 6.45) is 3.79. The average Bonchev–Trinajstić information content (AvgIpc) is 3.36. The highest BCUT2D eigenvalue weighted by atomic mass is 32.2. The smallest absolute Gasteiger partial charge is 0.246 e. The molecule has 1 aromatic carbocycles. The maximum absolute atomic E-state index is 12.6. The number of benzene rings is 1. The van der Waals surface area contributed by atoms with E-state index in [2.05, 4.69) is 5.32 Å². The van der Waals surface area contributed by atoms with Crippen molar-refractivity contribution < 1.29 is 18.0 Å². The molecule has 2 fully saturated rings. The topological polar surface area (TPSA) is 83.6 Å². The Morgan fingerprint density at radius 2 is 1.92 bits per heavy atom. The largest absolute Gasteiger partial charge is 0.347 e. The number of anilines is 1. The number of rotatable bonds is 3. The summed E-state index contributed by atoms with van der Waals surface area (Å²) < 4.78 is 23.2. The van der Waals surface area contributed by atoms with Crippen LogP contribution in [-0.2, 0) is 25.8 Å². The standard InChI is InChI=1S/C19H24N2O4S/c22-17(21-9-3-5-14-4-1-2-6-16(14)21)13-20-18(23)15-12-19(15)7-10-26(24,25)11-8-19/h1-2,4,6,15H,3,5,7-13H2,(H,20,23). The van der Waals surface area contributed by atoms with Gasteiger partial charge in [-0.15, -0.1) is 0 Å². The number of carbonyl (C=O) groups excluding carboxylic acids is 2. The van der Waals surface area contributed by atoms with Gasteiger partial charge in [0.15, 0.2) is 0 Å². The van der Waals surface area contributed by atoms with Crippen molar-refractivity contribution in [1.29, 1.82) is 0 Å². The van der Waals surface area contributed by atoms with E-state index in [4.69, 9.17) is 0 Å². The van der Waals surface area contributed by atoms with Crippen molar-refractivity contribution in [2.75, 3.05) is 29.5 Å². The molecule has 1 spiro atoms. The zero-order chi connectivity index (χ0) is 18.4. The lowest BCUT2D eigenvalue weighted by molar-refractivity contribution is -0.126. The molecule has 2 aliphatic heterocycles. The first-order valence-electron chi connectivity index (χ1n) is 9.27. The van der Waals surface area contributed by atoms with E-state index in [1.807, 2.05) is 24.3 Å². The molecule has 1 N–H and O–H groups in total. The van der Waals surface area contributed by atoms with Crippen LogP contribution in [0.25, 0.3) is 0 Å². The molecule has 26 heavy (non-hydrogen) atoms. The van der Waals surface area contributed by atoms with Crippen molar-refractivity contribution in [1.82, 2.24) is 5.32 Å². The Kier molecular flexibility index (Phi) is 4.29. The molecule has 1 aromatic rings. The van der Waals surface area contributed by atoms with Gasteiger partial charge in [0.2, 0.25) is 11.8 Å². The van der Waals surface area contributed by atoms with Crippen molar-refractivity contribution in [2.24, 2.45) is 11.3 Å². The molecule has 0 bridgehead atoms. The number of para-hydroxylation sites is 1. The summed E-state index contributed by atoms with van der Waals surface area (Å²) in [7, 11) is -2.92. The van der Waals surface area contributed by atoms with Crippen LogP contribution in [0.1, 0.15) is 31.2 Å². The van der Waals surface area contributed by atoms with E-state index in [-0.39, 0.29) is 41.2 Å². The minimum Gasteiger partial charge on any atom is -0.347 e. The highest BCUT2D eigenvalue weighted by molar-refractivity contribution is 7.91. The monoisotopic (exact) mass is 376 g/mol. The van der Waals surface area contributed by atoms with E-state index in [1.165, 1.54) is 5.56 Å². The van der Waals surface area contributed by atoms with Crippen molar-refractivity contribution in [2.45, 2.75) is 32.1 Å². The van der Waals surface area contributed by atoms with E-state index in [0.717, 1.165) is 24.9 Å². The number of amides is 2. The molecule has 1 saturated heterocycles. The summed E-state index contributed by atoms with van der Waals surface area (Å²) in [4.78, 5) is 26.8. The second kappa shape index (κ2) is 6.37. The van der Waals surface area contributed by atoms with Crippen molar-refractivity contribution >= 4 is 27.3 Å². The fourth-order valence-corrected chi connectivity index (χ4v) is 6.03. The second-order valence-corrected chi connectivity index (χ2v) is 10.1. The Hall–Kier alpha value is -1.89. The average molecular weight is 376 g/mol. The number of nitrogens with zero attached hydrogens (tertiary/aromatic N) is 1. The minimum absolute atomic E-state index is 0.00194. The summed E-state index contributed by atoms with van der Waals surface area (Å²) in [5, 5.41) is 2.79. The summed E-state index contributed by atoms with van der Waals surface area (Å²) in [6, 6.07) is 7.89. The Balaban J connectivity index is 1.33. The molecule has 1 aliphatic carbocycles. The van der Waals surface area contributed by atoms with Crippen LogP contribution in [0.2, 0.25) is 0 Å². The first-order chi connectivity index (χ1) is 12.4. The van der Waals surface area contributed by atoms with Crippen molar-refractivity contribution in [3.63, 3.8) is 0 Å². The van der Waals surface area contributed by atoms with Gasteiger partial charge in [-0.2, -0.15) is 0 Å². The van der Waals surface area contributed by atoms with Gasteiger partial charge in [-0.3, -0.25) is 9.59 Å². The third-order valence-corrected chi connectivity index (χ3v) is 7.81. The van der Waals surface area contributed by atoms with E-state index >= 15 is 0 Å². The van der Waals surface area contributed by atoms with Gasteiger partial charge in [-0.05, 0) is 49.1 Å². The SMILES string of the molecule is O=C(NCC(=O)N1CCCc2ccccc21)C1CC12CCS(=O)(=O)CC2. The van der Waals surface area contributed by atoms with Crippen LogP contribution in [-0.4, -0.2) is 44.8 Å². The molecule has 0 radical (unpaired) electrons. The van der Waals surface area contributed by atoms with Crippen LogP contribution in [0.4, 0.5) is 5.69 Å². The fraction of sp³-hybridized carbons (Fsp3) is 0.579. The van der Waals surface area contributed by atoms with Crippen LogP contribution in [0.3, 0.4) is 0 Å². The number of fused-ring (bicyclic) bond motifs is 1. The third kappa shape index (κ3) is 3.24. The van der Waals surface area contributed by atoms with E-state index in [1.54, 1.807) is 4.90 Å². The fourth-order valence-electron chi connectivity index (χ4n) is 4.39. The van der Waals surface area contributed by atoms with Crippen LogP contribution >= 0.6 is 0 Å². The zero-order valence-corrected chi connectivity index (χ0v) is 15.6.